The zero-order valence-corrected chi connectivity index (χ0v) is 7.92. The fraction of sp³-hybridized carbons (Fsp3) is 0.500. The van der Waals surface area contributed by atoms with Gasteiger partial charge >= 0.3 is 0 Å². The molecule has 1 amide bonds. The molecular weight excluding hydrogens is 150 g/mol. The lowest BCUT2D eigenvalue weighted by atomic mass is 10.2. The van der Waals surface area contributed by atoms with E-state index in [9.17, 15) is 4.79 Å². The number of allylic oxidation sites excluding steroid dienone is 1. The molecule has 66 valence electrons. The number of nitrogens with zero attached hydrogens (tertiary/aromatic N) is 1. The molecule has 1 heterocycles. The molecule has 1 rings (SSSR count). The van der Waals surface area contributed by atoms with Crippen LogP contribution in [0.2, 0.25) is 0 Å². The van der Waals surface area contributed by atoms with Crippen molar-refractivity contribution in [2.45, 2.75) is 20.8 Å². The van der Waals surface area contributed by atoms with Gasteiger partial charge in [0.05, 0.1) is 0 Å². The molecule has 0 aromatic carbocycles. The first-order valence-corrected chi connectivity index (χ1v) is 4.21. The fourth-order valence-electron chi connectivity index (χ4n) is 1.30. The largest absolute Gasteiger partial charge is 0.309 e. The van der Waals surface area contributed by atoms with Gasteiger partial charge in [0.1, 0.15) is 0 Å². The molecule has 0 fully saturated rings. The first-order valence-electron chi connectivity index (χ1n) is 4.21. The van der Waals surface area contributed by atoms with Gasteiger partial charge in [0.25, 0.3) is 5.91 Å². The topological polar surface area (TPSA) is 20.3 Å². The maximum atomic E-state index is 11.4. The maximum Gasteiger partial charge on any atom is 0.253 e. The Balaban J connectivity index is 2.70. The number of rotatable bonds is 2. The highest BCUT2D eigenvalue weighted by molar-refractivity contribution is 5.97. The first kappa shape index (κ1) is 9.04. The molecule has 0 radical (unpaired) electrons. The number of carbonyl (C=O) groups excluding carboxylic acids is 1. The minimum absolute atomic E-state index is 0.105. The van der Waals surface area contributed by atoms with Gasteiger partial charge in [-0.1, -0.05) is 20.4 Å². The van der Waals surface area contributed by atoms with E-state index >= 15 is 0 Å². The van der Waals surface area contributed by atoms with Gasteiger partial charge in [-0.05, 0) is 18.9 Å². The van der Waals surface area contributed by atoms with Gasteiger partial charge in [-0.15, -0.1) is 0 Å². The molecular formula is C10H15NO. The van der Waals surface area contributed by atoms with Crippen molar-refractivity contribution in [3.8, 4) is 0 Å². The van der Waals surface area contributed by atoms with Crippen molar-refractivity contribution in [1.82, 2.24) is 4.90 Å². The minimum atomic E-state index is 0.105. The molecule has 0 N–H and O–H groups in total. The summed E-state index contributed by atoms with van der Waals surface area (Å²) in [6, 6.07) is 0. The Hall–Kier alpha value is -1.05. The summed E-state index contributed by atoms with van der Waals surface area (Å²) in [5.74, 6) is 0.596. The van der Waals surface area contributed by atoms with Crippen LogP contribution in [0.3, 0.4) is 0 Å². The Kier molecular flexibility index (Phi) is 2.36. The monoisotopic (exact) mass is 165 g/mol. The molecule has 0 atom stereocenters. The Labute approximate surface area is 73.6 Å². The van der Waals surface area contributed by atoms with Crippen LogP contribution in [0.5, 0.6) is 0 Å². The quantitative estimate of drug-likeness (QED) is 0.612. The molecule has 1 aliphatic rings. The van der Waals surface area contributed by atoms with Gasteiger partial charge in [-0.3, -0.25) is 4.79 Å². The van der Waals surface area contributed by atoms with Crippen LogP contribution in [0.1, 0.15) is 20.8 Å². The Morgan fingerprint density at radius 2 is 2.17 bits per heavy atom. The summed E-state index contributed by atoms with van der Waals surface area (Å²) >= 11 is 0. The highest BCUT2D eigenvalue weighted by atomic mass is 16.2. The molecule has 0 aliphatic carbocycles. The van der Waals surface area contributed by atoms with E-state index in [-0.39, 0.29) is 5.91 Å². The Bertz CT molecular complexity index is 251. The summed E-state index contributed by atoms with van der Waals surface area (Å²) in [7, 11) is 0. The minimum Gasteiger partial charge on any atom is -0.309 e. The van der Waals surface area contributed by atoms with Crippen LogP contribution in [0.25, 0.3) is 0 Å². The molecule has 0 saturated carbocycles. The molecule has 0 spiro atoms. The van der Waals surface area contributed by atoms with E-state index in [1.807, 2.05) is 13.0 Å². The summed E-state index contributed by atoms with van der Waals surface area (Å²) < 4.78 is 0. The molecule has 0 saturated heterocycles. The van der Waals surface area contributed by atoms with Gasteiger partial charge in [0.15, 0.2) is 0 Å². The van der Waals surface area contributed by atoms with Crippen molar-refractivity contribution < 1.29 is 4.79 Å². The zero-order valence-electron chi connectivity index (χ0n) is 7.92. The average Bonchev–Trinajstić information content (AvgIpc) is 2.16. The van der Waals surface area contributed by atoms with E-state index in [1.165, 1.54) is 0 Å². The predicted molar refractivity (Wildman–Crippen MR) is 49.4 cm³/mol. The van der Waals surface area contributed by atoms with Crippen molar-refractivity contribution in [2.75, 3.05) is 6.54 Å². The zero-order chi connectivity index (χ0) is 9.30. The smallest absolute Gasteiger partial charge is 0.253 e. The lowest BCUT2D eigenvalue weighted by Crippen LogP contribution is -2.28. The van der Waals surface area contributed by atoms with Gasteiger partial charge in [-0.2, -0.15) is 0 Å². The van der Waals surface area contributed by atoms with E-state index in [4.69, 9.17) is 0 Å². The average molecular weight is 165 g/mol. The lowest BCUT2D eigenvalue weighted by Gasteiger charge is -2.19. The molecule has 0 unspecified atom stereocenters. The van der Waals surface area contributed by atoms with Gasteiger partial charge in [0, 0.05) is 17.8 Å². The third-order valence-electron chi connectivity index (χ3n) is 1.86. The van der Waals surface area contributed by atoms with Crippen molar-refractivity contribution in [1.29, 1.82) is 0 Å². The van der Waals surface area contributed by atoms with Crippen molar-refractivity contribution in [3.05, 3.63) is 23.9 Å². The van der Waals surface area contributed by atoms with Gasteiger partial charge in [-0.25, -0.2) is 0 Å². The van der Waals surface area contributed by atoms with Crippen molar-refractivity contribution in [3.63, 3.8) is 0 Å². The maximum absolute atomic E-state index is 11.4. The summed E-state index contributed by atoms with van der Waals surface area (Å²) in [6.45, 7) is 10.6. The van der Waals surface area contributed by atoms with Crippen LogP contribution >= 0.6 is 0 Å². The fourth-order valence-corrected chi connectivity index (χ4v) is 1.30. The summed E-state index contributed by atoms with van der Waals surface area (Å²) in [5, 5.41) is 0. The number of hydrogen-bond donors (Lipinski definition) is 0. The second-order valence-corrected chi connectivity index (χ2v) is 3.63. The van der Waals surface area contributed by atoms with E-state index in [0.717, 1.165) is 17.8 Å². The molecule has 0 aromatic heterocycles. The number of hydrogen-bond acceptors (Lipinski definition) is 1. The van der Waals surface area contributed by atoms with E-state index in [0.29, 0.717) is 5.92 Å². The second-order valence-electron chi connectivity index (χ2n) is 3.63. The predicted octanol–water partition coefficient (Wildman–Crippen LogP) is 1.94. The highest BCUT2D eigenvalue weighted by Crippen LogP contribution is 2.20. The van der Waals surface area contributed by atoms with E-state index < -0.39 is 0 Å². The van der Waals surface area contributed by atoms with Gasteiger partial charge in [0.2, 0.25) is 0 Å². The molecule has 1 aliphatic heterocycles. The summed E-state index contributed by atoms with van der Waals surface area (Å²) in [4.78, 5) is 13.2. The SMILES string of the molecule is C=C1C=C(C)C(=O)N1CC(C)C. The normalized spacial score (nSPS) is 17.7. The molecule has 2 heteroatoms. The number of carbonyl (C=O) groups is 1. The molecule has 12 heavy (non-hydrogen) atoms. The van der Waals surface area contributed by atoms with Crippen LogP contribution in [0, 0.1) is 5.92 Å². The van der Waals surface area contributed by atoms with Crippen LogP contribution in [0.4, 0.5) is 0 Å². The first-order chi connectivity index (χ1) is 5.52. The molecule has 0 bridgehead atoms. The van der Waals surface area contributed by atoms with Crippen LogP contribution in [-0.4, -0.2) is 17.4 Å². The summed E-state index contributed by atoms with van der Waals surface area (Å²) in [6.07, 6.45) is 1.84. The second kappa shape index (κ2) is 3.13. The third-order valence-corrected chi connectivity index (χ3v) is 1.86. The van der Waals surface area contributed by atoms with Crippen LogP contribution < -0.4 is 0 Å². The van der Waals surface area contributed by atoms with Crippen LogP contribution in [0.15, 0.2) is 23.9 Å². The summed E-state index contributed by atoms with van der Waals surface area (Å²) in [5.41, 5.74) is 1.62. The van der Waals surface area contributed by atoms with Crippen LogP contribution in [-0.2, 0) is 4.79 Å². The Morgan fingerprint density at radius 1 is 1.58 bits per heavy atom. The van der Waals surface area contributed by atoms with Gasteiger partial charge < -0.3 is 4.90 Å². The standard InChI is InChI=1S/C10H15NO/c1-7(2)6-11-9(4)5-8(3)10(11)12/h5,7H,4,6H2,1-3H3. The third kappa shape index (κ3) is 1.58. The highest BCUT2D eigenvalue weighted by Gasteiger charge is 2.23. The van der Waals surface area contributed by atoms with Crippen molar-refractivity contribution >= 4 is 5.91 Å². The Morgan fingerprint density at radius 3 is 2.50 bits per heavy atom. The molecule has 2 nitrogen and oxygen atoms in total. The number of amides is 1. The lowest BCUT2D eigenvalue weighted by molar-refractivity contribution is -0.124. The molecule has 0 aromatic rings. The van der Waals surface area contributed by atoms with E-state index in [2.05, 4.69) is 20.4 Å². The van der Waals surface area contributed by atoms with E-state index in [1.54, 1.807) is 4.90 Å². The van der Waals surface area contributed by atoms with Crippen molar-refractivity contribution in [2.24, 2.45) is 5.92 Å².